The molecule has 0 saturated carbocycles. The second-order valence-corrected chi connectivity index (χ2v) is 4.87. The summed E-state index contributed by atoms with van der Waals surface area (Å²) >= 11 is 0. The summed E-state index contributed by atoms with van der Waals surface area (Å²) in [6, 6.07) is 4.07. The molecule has 1 aliphatic heterocycles. The van der Waals surface area contributed by atoms with E-state index in [4.69, 9.17) is 14.3 Å². The van der Waals surface area contributed by atoms with E-state index in [1.54, 1.807) is 18.2 Å². The molecule has 0 radical (unpaired) electrons. The highest BCUT2D eigenvalue weighted by atomic mass is 16.5. The van der Waals surface area contributed by atoms with Gasteiger partial charge in [0.15, 0.2) is 17.4 Å². The van der Waals surface area contributed by atoms with Crippen LogP contribution in [-0.4, -0.2) is 52.7 Å². The van der Waals surface area contributed by atoms with Gasteiger partial charge >= 0.3 is 5.97 Å². The number of hydrogen-bond acceptors (Lipinski definition) is 5. The number of morpholine rings is 1. The minimum Gasteiger partial charge on any atom is -0.480 e. The second kappa shape index (κ2) is 5.17. The molecule has 1 N–H and O–H groups in total. The Morgan fingerprint density at radius 1 is 1.43 bits per heavy atom. The van der Waals surface area contributed by atoms with Gasteiger partial charge < -0.3 is 19.2 Å². The van der Waals surface area contributed by atoms with Gasteiger partial charge in [0.1, 0.15) is 5.52 Å². The number of amides is 1. The van der Waals surface area contributed by atoms with E-state index in [9.17, 15) is 9.59 Å². The number of fused-ring (bicyclic) bond motifs is 1. The first-order valence-corrected chi connectivity index (χ1v) is 6.55. The molecule has 0 spiro atoms. The maximum atomic E-state index is 12.5. The van der Waals surface area contributed by atoms with Crippen LogP contribution in [0.2, 0.25) is 0 Å². The molecular weight excluding hydrogens is 276 g/mol. The van der Waals surface area contributed by atoms with Gasteiger partial charge in [-0.3, -0.25) is 4.79 Å². The number of aromatic nitrogens is 1. The van der Waals surface area contributed by atoms with Crippen molar-refractivity contribution in [2.24, 2.45) is 0 Å². The van der Waals surface area contributed by atoms with E-state index < -0.39 is 17.9 Å². The lowest BCUT2D eigenvalue weighted by Crippen LogP contribution is -2.52. The van der Waals surface area contributed by atoms with Crippen LogP contribution >= 0.6 is 0 Å². The van der Waals surface area contributed by atoms with Crippen LogP contribution < -0.4 is 0 Å². The zero-order valence-electron chi connectivity index (χ0n) is 11.4. The number of carboxylic acids is 1. The standard InChI is InChI=1S/C14H14N2O5/c1-8-2-3-11-9(15-8)6-12(21-11)13(17)16-4-5-20-7-10(16)14(18)19/h2-3,6,10H,4-5,7H2,1H3,(H,18,19). The highest BCUT2D eigenvalue weighted by Gasteiger charge is 2.34. The fourth-order valence-corrected chi connectivity index (χ4v) is 2.32. The Bertz CT molecular complexity index is 708. The number of carboxylic acid groups (broad SMARTS) is 1. The van der Waals surface area contributed by atoms with Gasteiger partial charge in [0.05, 0.1) is 13.2 Å². The van der Waals surface area contributed by atoms with Crippen LogP contribution in [0.5, 0.6) is 0 Å². The highest BCUT2D eigenvalue weighted by molar-refractivity contribution is 5.97. The summed E-state index contributed by atoms with van der Waals surface area (Å²) in [5.74, 6) is -1.45. The summed E-state index contributed by atoms with van der Waals surface area (Å²) in [4.78, 5) is 29.2. The van der Waals surface area contributed by atoms with Crippen LogP contribution in [0.1, 0.15) is 16.2 Å². The van der Waals surface area contributed by atoms with Gasteiger partial charge in [0.25, 0.3) is 5.91 Å². The van der Waals surface area contributed by atoms with Gasteiger partial charge in [-0.2, -0.15) is 0 Å². The lowest BCUT2D eigenvalue weighted by atomic mass is 10.2. The first kappa shape index (κ1) is 13.6. The van der Waals surface area contributed by atoms with Gasteiger partial charge in [-0.25, -0.2) is 9.78 Å². The monoisotopic (exact) mass is 290 g/mol. The lowest BCUT2D eigenvalue weighted by molar-refractivity contribution is -0.147. The minimum absolute atomic E-state index is 0.0152. The SMILES string of the molecule is Cc1ccc2oc(C(=O)N3CCOCC3C(=O)O)cc2n1. The molecule has 1 saturated heterocycles. The summed E-state index contributed by atoms with van der Waals surface area (Å²) in [6.45, 7) is 2.36. The Hall–Kier alpha value is -2.41. The summed E-state index contributed by atoms with van der Waals surface area (Å²) in [6.07, 6.45) is 0. The number of carbonyl (C=O) groups excluding carboxylic acids is 1. The molecule has 3 heterocycles. The quantitative estimate of drug-likeness (QED) is 0.889. The van der Waals surface area contributed by atoms with Crippen LogP contribution in [0, 0.1) is 6.92 Å². The molecule has 0 aliphatic carbocycles. The Morgan fingerprint density at radius 2 is 2.24 bits per heavy atom. The molecule has 110 valence electrons. The average Bonchev–Trinajstić information content (AvgIpc) is 2.89. The van der Waals surface area contributed by atoms with Crippen molar-refractivity contribution in [2.75, 3.05) is 19.8 Å². The smallest absolute Gasteiger partial charge is 0.328 e. The molecule has 1 unspecified atom stereocenters. The van der Waals surface area contributed by atoms with Crippen molar-refractivity contribution in [2.45, 2.75) is 13.0 Å². The Balaban J connectivity index is 1.93. The molecular formula is C14H14N2O5. The van der Waals surface area contributed by atoms with Crippen molar-refractivity contribution in [1.82, 2.24) is 9.88 Å². The molecule has 2 aromatic heterocycles. The molecule has 21 heavy (non-hydrogen) atoms. The maximum Gasteiger partial charge on any atom is 0.328 e. The van der Waals surface area contributed by atoms with Crippen molar-refractivity contribution >= 4 is 23.0 Å². The number of carbonyl (C=O) groups is 2. The van der Waals surface area contributed by atoms with E-state index in [2.05, 4.69) is 4.98 Å². The molecule has 2 aromatic rings. The predicted octanol–water partition coefficient (Wildman–Crippen LogP) is 1.06. The fraction of sp³-hybridized carbons (Fsp3) is 0.357. The Morgan fingerprint density at radius 3 is 3.00 bits per heavy atom. The number of rotatable bonds is 2. The number of aliphatic carboxylic acids is 1. The number of hydrogen-bond donors (Lipinski definition) is 1. The van der Waals surface area contributed by atoms with E-state index in [0.717, 1.165) is 5.69 Å². The fourth-order valence-electron chi connectivity index (χ4n) is 2.32. The Labute approximate surface area is 120 Å². The zero-order chi connectivity index (χ0) is 15.0. The molecule has 3 rings (SSSR count). The molecule has 1 aliphatic rings. The van der Waals surface area contributed by atoms with Crippen LogP contribution in [-0.2, 0) is 9.53 Å². The molecule has 1 atom stereocenters. The topological polar surface area (TPSA) is 92.9 Å². The van der Waals surface area contributed by atoms with Crippen molar-refractivity contribution < 1.29 is 23.8 Å². The summed E-state index contributed by atoms with van der Waals surface area (Å²) in [5, 5.41) is 9.16. The number of aryl methyl sites for hydroxylation is 1. The predicted molar refractivity (Wildman–Crippen MR) is 72.0 cm³/mol. The third kappa shape index (κ3) is 2.47. The van der Waals surface area contributed by atoms with Crippen molar-refractivity contribution in [3.05, 3.63) is 29.7 Å². The largest absolute Gasteiger partial charge is 0.480 e. The van der Waals surface area contributed by atoms with Crippen LogP contribution in [0.15, 0.2) is 22.6 Å². The van der Waals surface area contributed by atoms with Crippen molar-refractivity contribution in [3.63, 3.8) is 0 Å². The normalized spacial score (nSPS) is 18.9. The van der Waals surface area contributed by atoms with Crippen LogP contribution in [0.25, 0.3) is 11.1 Å². The molecule has 7 heteroatoms. The van der Waals surface area contributed by atoms with Crippen LogP contribution in [0.3, 0.4) is 0 Å². The van der Waals surface area contributed by atoms with E-state index in [-0.39, 0.29) is 18.9 Å². The van der Waals surface area contributed by atoms with Crippen LogP contribution in [0.4, 0.5) is 0 Å². The first-order chi connectivity index (χ1) is 10.1. The van der Waals surface area contributed by atoms with E-state index in [0.29, 0.717) is 17.7 Å². The van der Waals surface area contributed by atoms with E-state index in [1.807, 2.05) is 6.92 Å². The number of furan rings is 1. The molecule has 0 aromatic carbocycles. The highest BCUT2D eigenvalue weighted by Crippen LogP contribution is 2.21. The van der Waals surface area contributed by atoms with Gasteiger partial charge in [-0.15, -0.1) is 0 Å². The summed E-state index contributed by atoms with van der Waals surface area (Å²) in [7, 11) is 0. The molecule has 1 amide bonds. The van der Waals surface area contributed by atoms with Crippen molar-refractivity contribution in [3.8, 4) is 0 Å². The number of pyridine rings is 1. The van der Waals surface area contributed by atoms with Gasteiger partial charge in [0.2, 0.25) is 0 Å². The lowest BCUT2D eigenvalue weighted by Gasteiger charge is -2.32. The molecule has 7 nitrogen and oxygen atoms in total. The summed E-state index contributed by atoms with van der Waals surface area (Å²) in [5.41, 5.74) is 1.90. The van der Waals surface area contributed by atoms with Gasteiger partial charge in [-0.1, -0.05) is 0 Å². The van der Waals surface area contributed by atoms with E-state index in [1.165, 1.54) is 4.90 Å². The minimum atomic E-state index is -1.09. The van der Waals surface area contributed by atoms with Crippen molar-refractivity contribution in [1.29, 1.82) is 0 Å². The van der Waals surface area contributed by atoms with Gasteiger partial charge in [-0.05, 0) is 19.1 Å². The van der Waals surface area contributed by atoms with E-state index >= 15 is 0 Å². The maximum absolute atomic E-state index is 12.5. The third-order valence-corrected chi connectivity index (χ3v) is 3.40. The second-order valence-electron chi connectivity index (χ2n) is 4.87. The molecule has 0 bridgehead atoms. The Kier molecular flexibility index (Phi) is 3.34. The summed E-state index contributed by atoms with van der Waals surface area (Å²) < 4.78 is 10.6. The zero-order valence-corrected chi connectivity index (χ0v) is 11.4. The molecule has 1 fully saturated rings. The number of nitrogens with zero attached hydrogens (tertiary/aromatic N) is 2. The first-order valence-electron chi connectivity index (χ1n) is 6.55. The average molecular weight is 290 g/mol. The van der Waals surface area contributed by atoms with Gasteiger partial charge in [0, 0.05) is 18.3 Å². The third-order valence-electron chi connectivity index (χ3n) is 3.40. The number of ether oxygens (including phenoxy) is 1.